The molecule has 5 N–H and O–H groups in total. The molecular weight excluding hydrogens is 414 g/mol. The largest absolute Gasteiger partial charge is 0.508 e. The van der Waals surface area contributed by atoms with Crippen molar-refractivity contribution in [2.75, 3.05) is 0 Å². The fraction of sp³-hybridized carbons (Fsp3) is 0.522. The van der Waals surface area contributed by atoms with E-state index in [1.807, 2.05) is 12.2 Å². The van der Waals surface area contributed by atoms with E-state index in [-0.39, 0.29) is 30.4 Å². The fourth-order valence-electron chi connectivity index (χ4n) is 3.98. The first-order valence-electron chi connectivity index (χ1n) is 10.8. The minimum absolute atomic E-state index is 0.00405. The first-order valence-corrected chi connectivity index (χ1v) is 10.8. The van der Waals surface area contributed by atoms with Crippen molar-refractivity contribution in [2.24, 2.45) is 17.0 Å². The van der Waals surface area contributed by atoms with Gasteiger partial charge in [0.15, 0.2) is 0 Å². The molecule has 0 aromatic heterocycles. The van der Waals surface area contributed by atoms with Gasteiger partial charge in [-0.1, -0.05) is 41.6 Å². The smallest absolute Gasteiger partial charge is 0.303 e. The number of phenolic OH excluding ortho intramolecular Hbond substituents is 1. The molecule has 0 bridgehead atoms. The Balaban J connectivity index is 1.87. The third-order valence-corrected chi connectivity index (χ3v) is 5.75. The molecule has 0 saturated heterocycles. The number of nitrogens with zero attached hydrogens (tertiary/aromatic N) is 3. The van der Waals surface area contributed by atoms with Crippen LogP contribution >= 0.6 is 0 Å². The van der Waals surface area contributed by atoms with Crippen LogP contribution in [0.3, 0.4) is 0 Å². The van der Waals surface area contributed by atoms with E-state index in [0.29, 0.717) is 43.4 Å². The number of aliphatic hydroxyl groups is 3. The molecule has 9 heteroatoms. The predicted octanol–water partition coefficient (Wildman–Crippen LogP) is 3.74. The number of azide groups is 1. The van der Waals surface area contributed by atoms with Gasteiger partial charge in [0.25, 0.3) is 0 Å². The number of carboxylic acid groups (broad SMARTS) is 1. The molecule has 0 spiro atoms. The van der Waals surface area contributed by atoms with Crippen LogP contribution in [0.25, 0.3) is 10.4 Å². The summed E-state index contributed by atoms with van der Waals surface area (Å²) in [6.07, 6.45) is 7.95. The van der Waals surface area contributed by atoms with Gasteiger partial charge in [0.2, 0.25) is 0 Å². The summed E-state index contributed by atoms with van der Waals surface area (Å²) in [5.74, 6) is -1.30. The highest BCUT2D eigenvalue weighted by Gasteiger charge is 2.39. The normalized spacial score (nSPS) is 24.1. The molecule has 0 heterocycles. The van der Waals surface area contributed by atoms with Gasteiger partial charge in [0.05, 0.1) is 18.3 Å². The molecule has 32 heavy (non-hydrogen) atoms. The number of rotatable bonds is 12. The minimum Gasteiger partial charge on any atom is -0.508 e. The minimum atomic E-state index is -0.822. The maximum Gasteiger partial charge on any atom is 0.303 e. The average molecular weight is 446 g/mol. The third kappa shape index (κ3) is 8.01. The molecular formula is C23H31N3O6. The lowest BCUT2D eigenvalue weighted by molar-refractivity contribution is -0.137. The number of benzene rings is 1. The molecule has 0 radical (unpaired) electrons. The summed E-state index contributed by atoms with van der Waals surface area (Å²) in [5.41, 5.74) is 9.37. The highest BCUT2D eigenvalue weighted by molar-refractivity contribution is 5.66. The first-order chi connectivity index (χ1) is 15.3. The molecule has 9 nitrogen and oxygen atoms in total. The Labute approximate surface area is 187 Å². The van der Waals surface area contributed by atoms with Gasteiger partial charge >= 0.3 is 5.97 Å². The Kier molecular flexibility index (Phi) is 10.2. The monoisotopic (exact) mass is 445 g/mol. The average Bonchev–Trinajstić information content (AvgIpc) is 3.00. The number of aromatic hydroxyl groups is 1. The Morgan fingerprint density at radius 3 is 2.75 bits per heavy atom. The molecule has 0 unspecified atom stereocenters. The molecule has 1 aromatic rings. The second-order valence-electron chi connectivity index (χ2n) is 8.10. The molecule has 174 valence electrons. The topological polar surface area (TPSA) is 167 Å². The van der Waals surface area contributed by atoms with Crippen LogP contribution in [0.2, 0.25) is 0 Å². The zero-order valence-corrected chi connectivity index (χ0v) is 17.9. The van der Waals surface area contributed by atoms with Crippen LogP contribution in [-0.2, 0) is 11.2 Å². The second kappa shape index (κ2) is 12.9. The summed E-state index contributed by atoms with van der Waals surface area (Å²) in [5, 5.41) is 53.0. The van der Waals surface area contributed by atoms with E-state index in [9.17, 15) is 25.2 Å². The van der Waals surface area contributed by atoms with Gasteiger partial charge in [0.1, 0.15) is 5.75 Å². The van der Waals surface area contributed by atoms with Crippen molar-refractivity contribution < 1.29 is 30.3 Å². The van der Waals surface area contributed by atoms with Crippen LogP contribution in [0, 0.1) is 11.8 Å². The summed E-state index contributed by atoms with van der Waals surface area (Å²) < 4.78 is 0. The Hall–Kier alpha value is -2.84. The molecule has 0 amide bonds. The quantitative estimate of drug-likeness (QED) is 0.108. The number of allylic oxidation sites excluding steroid dienone is 2. The highest BCUT2D eigenvalue weighted by Crippen LogP contribution is 2.36. The summed E-state index contributed by atoms with van der Waals surface area (Å²) >= 11 is 0. The van der Waals surface area contributed by atoms with Crippen LogP contribution in [0.15, 0.2) is 47.6 Å². The Morgan fingerprint density at radius 2 is 2.06 bits per heavy atom. The molecule has 1 aromatic carbocycles. The van der Waals surface area contributed by atoms with E-state index in [1.54, 1.807) is 24.3 Å². The molecule has 1 saturated carbocycles. The van der Waals surface area contributed by atoms with E-state index < -0.39 is 24.3 Å². The highest BCUT2D eigenvalue weighted by atomic mass is 16.4. The van der Waals surface area contributed by atoms with Crippen molar-refractivity contribution >= 4 is 11.7 Å². The van der Waals surface area contributed by atoms with Gasteiger partial charge in [0, 0.05) is 29.4 Å². The van der Waals surface area contributed by atoms with Crippen molar-refractivity contribution in [1.82, 2.24) is 0 Å². The van der Waals surface area contributed by atoms with Crippen LogP contribution in [0.1, 0.15) is 44.1 Å². The number of hydrogen-bond donors (Lipinski definition) is 5. The Bertz CT molecular complexity index is 865. The van der Waals surface area contributed by atoms with E-state index in [4.69, 9.17) is 10.6 Å². The summed E-state index contributed by atoms with van der Waals surface area (Å²) in [7, 11) is 0. The fourth-order valence-corrected chi connectivity index (χ4v) is 3.98. The molecule has 1 aliphatic rings. The predicted molar refractivity (Wildman–Crippen MR) is 119 cm³/mol. The van der Waals surface area contributed by atoms with Gasteiger partial charge in [-0.15, -0.1) is 0 Å². The number of hydrogen-bond acceptors (Lipinski definition) is 6. The molecule has 1 aliphatic carbocycles. The number of aliphatic carboxylic acids is 1. The van der Waals surface area contributed by atoms with E-state index in [1.165, 1.54) is 6.07 Å². The number of unbranched alkanes of at least 4 members (excludes halogenated alkanes) is 1. The molecule has 1 fully saturated rings. The Morgan fingerprint density at radius 1 is 1.28 bits per heavy atom. The van der Waals surface area contributed by atoms with Gasteiger partial charge in [-0.25, -0.2) is 0 Å². The van der Waals surface area contributed by atoms with Gasteiger partial charge < -0.3 is 25.5 Å². The van der Waals surface area contributed by atoms with Crippen molar-refractivity contribution in [3.8, 4) is 5.75 Å². The zero-order chi connectivity index (χ0) is 23.5. The lowest BCUT2D eigenvalue weighted by atomic mass is 9.89. The van der Waals surface area contributed by atoms with E-state index in [2.05, 4.69) is 10.0 Å². The number of carboxylic acids is 1. The van der Waals surface area contributed by atoms with Crippen molar-refractivity contribution in [1.29, 1.82) is 0 Å². The van der Waals surface area contributed by atoms with E-state index >= 15 is 0 Å². The maximum absolute atomic E-state index is 10.5. The second-order valence-corrected chi connectivity index (χ2v) is 8.10. The summed E-state index contributed by atoms with van der Waals surface area (Å²) in [6.45, 7) is 0. The summed E-state index contributed by atoms with van der Waals surface area (Å²) in [4.78, 5) is 13.2. The molecule has 0 aliphatic heterocycles. The number of phenols is 1. The van der Waals surface area contributed by atoms with Crippen LogP contribution in [-0.4, -0.2) is 49.8 Å². The van der Waals surface area contributed by atoms with Crippen LogP contribution in [0.4, 0.5) is 5.69 Å². The lowest BCUT2D eigenvalue weighted by Crippen LogP contribution is -2.20. The summed E-state index contributed by atoms with van der Waals surface area (Å²) in [6, 6.07) is 4.60. The van der Waals surface area contributed by atoms with Crippen molar-refractivity contribution in [3.63, 3.8) is 0 Å². The SMILES string of the molecule is [N-]=[N+]=Nc1ccc(CC[C@H](O)/C=C/[C@@H]2[C@@H](C/C=C\CCCC(=O)O)[C@@H](O)C[C@H]2O)c(O)c1. The van der Waals surface area contributed by atoms with Crippen LogP contribution in [0.5, 0.6) is 5.75 Å². The number of carbonyl (C=O) groups is 1. The van der Waals surface area contributed by atoms with E-state index in [0.717, 1.165) is 0 Å². The lowest BCUT2D eigenvalue weighted by Gasteiger charge is -2.19. The maximum atomic E-state index is 10.5. The molecule has 2 rings (SSSR count). The molecule has 5 atom stereocenters. The first kappa shape index (κ1) is 25.4. The van der Waals surface area contributed by atoms with Crippen LogP contribution < -0.4 is 0 Å². The zero-order valence-electron chi connectivity index (χ0n) is 17.9. The third-order valence-electron chi connectivity index (χ3n) is 5.75. The standard InChI is InChI=1S/C23H31N3O6/c24-26-25-16-9-7-15(20(28)13-16)8-10-17(27)11-12-19-18(21(29)14-22(19)30)5-3-1-2-4-6-23(31)32/h1,3,7,9,11-13,17-19,21-22,27-30H,2,4-6,8,10,14H2,(H,31,32)/b3-1-,12-11+/t17-,18+,19+,21-,22+/m0/s1. The van der Waals surface area contributed by atoms with Gasteiger partial charge in [-0.3, -0.25) is 4.79 Å². The number of aliphatic hydroxyl groups excluding tert-OH is 3. The van der Waals surface area contributed by atoms with Gasteiger partial charge in [-0.05, 0) is 55.2 Å². The van der Waals surface area contributed by atoms with Crippen molar-refractivity contribution in [2.45, 2.75) is 63.3 Å². The van der Waals surface area contributed by atoms with Gasteiger partial charge in [-0.2, -0.15) is 0 Å². The number of aryl methyl sites for hydroxylation is 1. The van der Waals surface area contributed by atoms with Crippen molar-refractivity contribution in [3.05, 3.63) is 58.5 Å².